The van der Waals surface area contributed by atoms with Crippen molar-refractivity contribution >= 4 is 12.0 Å². The maximum Gasteiger partial charge on any atom is 0.331 e. The van der Waals surface area contributed by atoms with Crippen molar-refractivity contribution in [2.24, 2.45) is 0 Å². The second kappa shape index (κ2) is 10.0. The van der Waals surface area contributed by atoms with Crippen LogP contribution in [0.2, 0.25) is 0 Å². The third kappa shape index (κ3) is 7.54. The van der Waals surface area contributed by atoms with Gasteiger partial charge in [0.1, 0.15) is 5.75 Å². The van der Waals surface area contributed by atoms with E-state index >= 15 is 0 Å². The molecule has 116 valence electrons. The van der Waals surface area contributed by atoms with E-state index < -0.39 is 5.97 Å². The van der Waals surface area contributed by atoms with E-state index in [4.69, 9.17) is 9.84 Å². The molecule has 1 aromatic carbocycles. The Labute approximate surface area is 127 Å². The van der Waals surface area contributed by atoms with Crippen molar-refractivity contribution in [2.45, 2.75) is 52.4 Å². The molecule has 0 aliphatic heterocycles. The Morgan fingerprint density at radius 1 is 1.10 bits per heavy atom. The number of carbonyl (C=O) groups is 1. The Hall–Kier alpha value is -1.77. The van der Waals surface area contributed by atoms with Gasteiger partial charge in [0.2, 0.25) is 0 Å². The smallest absolute Gasteiger partial charge is 0.331 e. The van der Waals surface area contributed by atoms with Crippen LogP contribution in [0.15, 0.2) is 29.8 Å². The normalized spacial score (nSPS) is 11.4. The van der Waals surface area contributed by atoms with Crippen LogP contribution in [0.1, 0.15) is 57.9 Å². The molecule has 0 saturated heterocycles. The van der Waals surface area contributed by atoms with Crippen LogP contribution < -0.4 is 4.74 Å². The lowest BCUT2D eigenvalue weighted by Gasteiger charge is -2.06. The first kappa shape index (κ1) is 17.3. The molecular formula is C18H26O3. The summed E-state index contributed by atoms with van der Waals surface area (Å²) in [6.45, 7) is 4.56. The predicted molar refractivity (Wildman–Crippen MR) is 86.6 cm³/mol. The van der Waals surface area contributed by atoms with Crippen molar-refractivity contribution < 1.29 is 14.6 Å². The number of hydrogen-bond acceptors (Lipinski definition) is 2. The highest BCUT2D eigenvalue weighted by Gasteiger charge is 2.00. The molecule has 0 atom stereocenters. The van der Waals surface area contributed by atoms with Gasteiger partial charge < -0.3 is 9.84 Å². The van der Waals surface area contributed by atoms with Crippen LogP contribution in [0.5, 0.6) is 5.75 Å². The molecule has 0 unspecified atom stereocenters. The van der Waals surface area contributed by atoms with E-state index in [1.165, 1.54) is 32.1 Å². The molecule has 3 heteroatoms. The molecule has 1 rings (SSSR count). The highest BCUT2D eigenvalue weighted by atomic mass is 16.5. The molecule has 0 spiro atoms. The quantitative estimate of drug-likeness (QED) is 0.491. The molecule has 3 nitrogen and oxygen atoms in total. The molecule has 0 aliphatic carbocycles. The van der Waals surface area contributed by atoms with Crippen molar-refractivity contribution in [1.82, 2.24) is 0 Å². The van der Waals surface area contributed by atoms with Gasteiger partial charge in [0, 0.05) is 5.57 Å². The lowest BCUT2D eigenvalue weighted by atomic mass is 10.1. The average Bonchev–Trinajstić information content (AvgIpc) is 2.48. The molecule has 1 aromatic rings. The number of carboxylic acids is 1. The van der Waals surface area contributed by atoms with E-state index in [1.807, 2.05) is 24.3 Å². The predicted octanol–water partition coefficient (Wildman–Crippen LogP) is 4.91. The van der Waals surface area contributed by atoms with Gasteiger partial charge in [-0.2, -0.15) is 0 Å². The monoisotopic (exact) mass is 290 g/mol. The topological polar surface area (TPSA) is 46.5 Å². The fourth-order valence-electron chi connectivity index (χ4n) is 2.04. The lowest BCUT2D eigenvalue weighted by molar-refractivity contribution is -0.132. The summed E-state index contributed by atoms with van der Waals surface area (Å²) in [4.78, 5) is 10.7. The van der Waals surface area contributed by atoms with Crippen LogP contribution in [0.3, 0.4) is 0 Å². The Bertz CT molecular complexity index is 446. The van der Waals surface area contributed by atoms with Gasteiger partial charge in [-0.15, -0.1) is 0 Å². The van der Waals surface area contributed by atoms with Crippen LogP contribution in [-0.4, -0.2) is 17.7 Å². The molecule has 0 bridgehead atoms. The fraction of sp³-hybridized carbons (Fsp3) is 0.500. The molecule has 0 amide bonds. The maximum atomic E-state index is 10.7. The van der Waals surface area contributed by atoms with Crippen LogP contribution in [-0.2, 0) is 4.79 Å². The highest BCUT2D eigenvalue weighted by Crippen LogP contribution is 2.15. The van der Waals surface area contributed by atoms with E-state index in [9.17, 15) is 4.79 Å². The maximum absolute atomic E-state index is 10.7. The summed E-state index contributed by atoms with van der Waals surface area (Å²) in [7, 11) is 0. The molecule has 21 heavy (non-hydrogen) atoms. The molecule has 0 radical (unpaired) electrons. The zero-order chi connectivity index (χ0) is 15.5. The number of unbranched alkanes of at least 4 members (excludes halogenated alkanes) is 5. The molecule has 0 saturated carbocycles. The average molecular weight is 290 g/mol. The van der Waals surface area contributed by atoms with Crippen molar-refractivity contribution in [3.05, 3.63) is 35.4 Å². The van der Waals surface area contributed by atoms with Gasteiger partial charge in [0.25, 0.3) is 0 Å². The Morgan fingerprint density at radius 2 is 1.71 bits per heavy atom. The molecule has 0 heterocycles. The molecule has 0 aromatic heterocycles. The van der Waals surface area contributed by atoms with Crippen molar-refractivity contribution in [1.29, 1.82) is 0 Å². The first-order chi connectivity index (χ1) is 10.1. The highest BCUT2D eigenvalue weighted by molar-refractivity contribution is 5.91. The second-order valence-electron chi connectivity index (χ2n) is 5.32. The van der Waals surface area contributed by atoms with Gasteiger partial charge in [0.05, 0.1) is 6.61 Å². The SMILES string of the molecule is CCCCCCCCOc1ccc(/C=C(\C)C(=O)O)cc1. The Morgan fingerprint density at radius 3 is 2.33 bits per heavy atom. The van der Waals surface area contributed by atoms with E-state index in [2.05, 4.69) is 6.92 Å². The standard InChI is InChI=1S/C18H26O3/c1-3-4-5-6-7-8-13-21-17-11-9-16(10-12-17)14-15(2)18(19)20/h9-12,14H,3-8,13H2,1-2H3,(H,19,20)/b15-14+. The van der Waals surface area contributed by atoms with Crippen LogP contribution >= 0.6 is 0 Å². The van der Waals surface area contributed by atoms with E-state index in [1.54, 1.807) is 13.0 Å². The van der Waals surface area contributed by atoms with Gasteiger partial charge in [-0.3, -0.25) is 0 Å². The van der Waals surface area contributed by atoms with Crippen molar-refractivity contribution in [3.8, 4) is 5.75 Å². The largest absolute Gasteiger partial charge is 0.494 e. The number of rotatable bonds is 10. The third-order valence-electron chi connectivity index (χ3n) is 3.37. The summed E-state index contributed by atoms with van der Waals surface area (Å²) in [6, 6.07) is 7.53. The fourth-order valence-corrected chi connectivity index (χ4v) is 2.04. The number of aliphatic carboxylic acids is 1. The van der Waals surface area contributed by atoms with Gasteiger partial charge in [-0.25, -0.2) is 4.79 Å². The minimum atomic E-state index is -0.890. The number of ether oxygens (including phenoxy) is 1. The van der Waals surface area contributed by atoms with Gasteiger partial charge >= 0.3 is 5.97 Å². The van der Waals surface area contributed by atoms with Crippen LogP contribution in [0, 0.1) is 0 Å². The van der Waals surface area contributed by atoms with E-state index in [0.29, 0.717) is 5.57 Å². The zero-order valence-corrected chi connectivity index (χ0v) is 13.1. The Balaban J connectivity index is 2.28. The molecular weight excluding hydrogens is 264 g/mol. The minimum Gasteiger partial charge on any atom is -0.494 e. The summed E-state index contributed by atoms with van der Waals surface area (Å²) < 4.78 is 5.68. The summed E-state index contributed by atoms with van der Waals surface area (Å²) in [6.07, 6.45) is 9.17. The minimum absolute atomic E-state index is 0.329. The van der Waals surface area contributed by atoms with E-state index in [0.717, 1.165) is 24.3 Å². The zero-order valence-electron chi connectivity index (χ0n) is 13.1. The number of hydrogen-bond donors (Lipinski definition) is 1. The molecule has 0 aliphatic rings. The number of carboxylic acid groups (broad SMARTS) is 1. The lowest BCUT2D eigenvalue weighted by Crippen LogP contribution is -1.97. The van der Waals surface area contributed by atoms with Gasteiger partial charge in [0.15, 0.2) is 0 Å². The van der Waals surface area contributed by atoms with Gasteiger partial charge in [-0.05, 0) is 37.1 Å². The summed E-state index contributed by atoms with van der Waals surface area (Å²) in [5, 5.41) is 8.83. The van der Waals surface area contributed by atoms with Crippen LogP contribution in [0.4, 0.5) is 0 Å². The summed E-state index contributed by atoms with van der Waals surface area (Å²) >= 11 is 0. The number of benzene rings is 1. The molecule has 1 N–H and O–H groups in total. The third-order valence-corrected chi connectivity index (χ3v) is 3.37. The van der Waals surface area contributed by atoms with Crippen LogP contribution in [0.25, 0.3) is 6.08 Å². The van der Waals surface area contributed by atoms with Crippen molar-refractivity contribution in [2.75, 3.05) is 6.61 Å². The first-order valence-electron chi connectivity index (χ1n) is 7.78. The summed E-state index contributed by atoms with van der Waals surface area (Å²) in [5.74, 6) is -0.0490. The Kier molecular flexibility index (Phi) is 8.25. The molecule has 0 fully saturated rings. The van der Waals surface area contributed by atoms with Crippen molar-refractivity contribution in [3.63, 3.8) is 0 Å². The van der Waals surface area contributed by atoms with E-state index in [-0.39, 0.29) is 0 Å². The summed E-state index contributed by atoms with van der Waals surface area (Å²) in [5.41, 5.74) is 1.21. The second-order valence-corrected chi connectivity index (χ2v) is 5.32. The first-order valence-corrected chi connectivity index (χ1v) is 7.78. The van der Waals surface area contributed by atoms with Gasteiger partial charge in [-0.1, -0.05) is 51.2 Å².